The lowest BCUT2D eigenvalue weighted by molar-refractivity contribution is -0.188. The van der Waals surface area contributed by atoms with Crippen LogP contribution in [-0.4, -0.2) is 30.9 Å². The molecule has 3 aliphatic rings. The number of hydrogen-bond donors (Lipinski definition) is 2. The van der Waals surface area contributed by atoms with Crippen molar-refractivity contribution in [3.8, 4) is 0 Å². The minimum Gasteiger partial charge on any atom is -0.465 e. The van der Waals surface area contributed by atoms with Crippen LogP contribution < -0.4 is 10.6 Å². The van der Waals surface area contributed by atoms with Crippen molar-refractivity contribution >= 4 is 17.8 Å². The van der Waals surface area contributed by atoms with Gasteiger partial charge in [0.2, 0.25) is 11.8 Å². The van der Waals surface area contributed by atoms with E-state index >= 15 is 0 Å². The van der Waals surface area contributed by atoms with Gasteiger partial charge in [0.25, 0.3) is 0 Å². The Morgan fingerprint density at radius 3 is 2.69 bits per heavy atom. The topological polar surface area (TPSA) is 84.5 Å². The van der Waals surface area contributed by atoms with Crippen LogP contribution in [-0.2, 0) is 19.1 Å². The zero-order valence-electron chi connectivity index (χ0n) is 14.9. The van der Waals surface area contributed by atoms with Gasteiger partial charge in [-0.15, -0.1) is 0 Å². The van der Waals surface area contributed by atoms with E-state index in [1.54, 1.807) is 6.92 Å². The number of benzene rings is 1. The zero-order chi connectivity index (χ0) is 18.4. The molecule has 2 heterocycles. The number of amides is 2. The minimum atomic E-state index is -1.25. The average Bonchev–Trinajstić information content (AvgIpc) is 2.66. The molecule has 1 aromatic rings. The van der Waals surface area contributed by atoms with Gasteiger partial charge in [-0.25, -0.2) is 0 Å². The van der Waals surface area contributed by atoms with Gasteiger partial charge in [-0.1, -0.05) is 36.8 Å². The third-order valence-corrected chi connectivity index (χ3v) is 6.52. The Morgan fingerprint density at radius 2 is 1.96 bits per heavy atom. The Balaban J connectivity index is 1.77. The molecule has 0 unspecified atom stereocenters. The predicted octanol–water partition coefficient (Wildman–Crippen LogP) is 1.71. The van der Waals surface area contributed by atoms with E-state index in [-0.39, 0.29) is 24.5 Å². The molecule has 1 saturated carbocycles. The molecule has 2 saturated heterocycles. The Morgan fingerprint density at radius 1 is 1.19 bits per heavy atom. The van der Waals surface area contributed by atoms with Gasteiger partial charge in [-0.05, 0) is 31.7 Å². The second-order valence-electron chi connectivity index (χ2n) is 7.62. The van der Waals surface area contributed by atoms with E-state index in [0.717, 1.165) is 5.56 Å². The van der Waals surface area contributed by atoms with Crippen molar-refractivity contribution in [3.63, 3.8) is 0 Å². The number of piperidine rings is 2. The molecule has 2 aliphatic heterocycles. The van der Waals surface area contributed by atoms with Crippen LogP contribution in [0.2, 0.25) is 0 Å². The van der Waals surface area contributed by atoms with Gasteiger partial charge in [0, 0.05) is 18.5 Å². The standard InChI is InChI=1S/C20H24N2O4/c1-2-26-18(25)20-10-6-9-19(16(23)22-17(20)24)12-21-14(11-15(19)20)13-7-4-3-5-8-13/h3-5,7-8,14-15,21H,2,6,9-12H2,1H3,(H,22,23,24)/t14-,15-,19+,20-/m1/s1. The molecule has 4 rings (SSSR count). The van der Waals surface area contributed by atoms with E-state index in [4.69, 9.17) is 4.74 Å². The number of imide groups is 1. The second-order valence-corrected chi connectivity index (χ2v) is 7.62. The Kier molecular flexibility index (Phi) is 4.10. The van der Waals surface area contributed by atoms with Gasteiger partial charge in [0.15, 0.2) is 5.41 Å². The van der Waals surface area contributed by atoms with Crippen molar-refractivity contribution in [2.45, 2.75) is 38.6 Å². The third-order valence-electron chi connectivity index (χ3n) is 6.52. The van der Waals surface area contributed by atoms with Crippen molar-refractivity contribution < 1.29 is 19.1 Å². The third kappa shape index (κ3) is 2.24. The molecule has 6 nitrogen and oxygen atoms in total. The van der Waals surface area contributed by atoms with Gasteiger partial charge in [0.05, 0.1) is 12.0 Å². The quantitative estimate of drug-likeness (QED) is 0.489. The highest BCUT2D eigenvalue weighted by Gasteiger charge is 2.69. The van der Waals surface area contributed by atoms with Crippen LogP contribution >= 0.6 is 0 Å². The maximum Gasteiger partial charge on any atom is 0.321 e. The molecule has 2 amide bonds. The number of esters is 1. The van der Waals surface area contributed by atoms with Crippen molar-refractivity contribution in [2.24, 2.45) is 16.7 Å². The summed E-state index contributed by atoms with van der Waals surface area (Å²) in [6.07, 6.45) is 2.37. The lowest BCUT2D eigenvalue weighted by Crippen LogP contribution is -2.72. The largest absolute Gasteiger partial charge is 0.465 e. The van der Waals surface area contributed by atoms with Crippen LogP contribution in [0.5, 0.6) is 0 Å². The molecule has 1 aliphatic carbocycles. The first-order valence-corrected chi connectivity index (χ1v) is 9.36. The van der Waals surface area contributed by atoms with E-state index < -0.39 is 22.7 Å². The first-order valence-electron chi connectivity index (χ1n) is 9.36. The zero-order valence-corrected chi connectivity index (χ0v) is 14.9. The van der Waals surface area contributed by atoms with Gasteiger partial charge < -0.3 is 10.1 Å². The molecular weight excluding hydrogens is 332 g/mol. The molecule has 6 heteroatoms. The minimum absolute atomic E-state index is 0.0138. The number of hydrogen-bond acceptors (Lipinski definition) is 5. The number of carbonyl (C=O) groups excluding carboxylic acids is 3. The van der Waals surface area contributed by atoms with E-state index in [0.29, 0.717) is 32.2 Å². The Hall–Kier alpha value is -2.21. The molecule has 1 aromatic carbocycles. The summed E-state index contributed by atoms with van der Waals surface area (Å²) in [5.74, 6) is -1.54. The lowest BCUT2D eigenvalue weighted by atomic mass is 9.48. The van der Waals surface area contributed by atoms with Crippen molar-refractivity contribution in [2.75, 3.05) is 13.2 Å². The summed E-state index contributed by atoms with van der Waals surface area (Å²) in [5.41, 5.74) is -0.862. The van der Waals surface area contributed by atoms with E-state index in [1.165, 1.54) is 0 Å². The molecule has 0 aromatic heterocycles. The van der Waals surface area contributed by atoms with E-state index in [9.17, 15) is 14.4 Å². The van der Waals surface area contributed by atoms with Crippen LogP contribution in [0.25, 0.3) is 0 Å². The molecular formula is C20H24N2O4. The molecule has 2 N–H and O–H groups in total. The highest BCUT2D eigenvalue weighted by atomic mass is 16.5. The maximum absolute atomic E-state index is 12.9. The average molecular weight is 356 g/mol. The Labute approximate surface area is 152 Å². The van der Waals surface area contributed by atoms with Crippen molar-refractivity contribution in [1.29, 1.82) is 0 Å². The lowest BCUT2D eigenvalue weighted by Gasteiger charge is -2.58. The van der Waals surface area contributed by atoms with Crippen LogP contribution in [0.1, 0.15) is 44.2 Å². The molecule has 3 fully saturated rings. The summed E-state index contributed by atoms with van der Waals surface area (Å²) < 4.78 is 5.32. The maximum atomic E-state index is 12.9. The van der Waals surface area contributed by atoms with E-state index in [2.05, 4.69) is 10.6 Å². The summed E-state index contributed by atoms with van der Waals surface area (Å²) >= 11 is 0. The number of ether oxygens (including phenoxy) is 1. The summed E-state index contributed by atoms with van der Waals surface area (Å²) in [4.78, 5) is 38.6. The highest BCUT2D eigenvalue weighted by Crippen LogP contribution is 2.59. The summed E-state index contributed by atoms with van der Waals surface area (Å²) in [7, 11) is 0. The van der Waals surface area contributed by atoms with Crippen LogP contribution in [0, 0.1) is 16.7 Å². The molecule has 0 spiro atoms. The molecule has 138 valence electrons. The Bertz CT molecular complexity index is 749. The van der Waals surface area contributed by atoms with Gasteiger partial charge >= 0.3 is 5.97 Å². The second kappa shape index (κ2) is 6.20. The fourth-order valence-corrected chi connectivity index (χ4v) is 5.26. The smallest absolute Gasteiger partial charge is 0.321 e. The molecule has 0 radical (unpaired) electrons. The monoisotopic (exact) mass is 356 g/mol. The number of rotatable bonds is 3. The SMILES string of the molecule is CCOC(=O)[C@]12CCC[C@@]3(CN[C@@H](c4ccccc4)C[C@H]31)C(=O)NC2=O. The molecule has 4 atom stereocenters. The predicted molar refractivity (Wildman–Crippen MR) is 93.8 cm³/mol. The van der Waals surface area contributed by atoms with Crippen LogP contribution in [0.3, 0.4) is 0 Å². The van der Waals surface area contributed by atoms with Crippen LogP contribution in [0.15, 0.2) is 30.3 Å². The number of nitrogens with one attached hydrogen (secondary N) is 2. The first kappa shape index (κ1) is 17.2. The first-order chi connectivity index (χ1) is 12.5. The number of carbonyl (C=O) groups is 3. The summed E-state index contributed by atoms with van der Waals surface area (Å²) in [5, 5.41) is 5.98. The van der Waals surface area contributed by atoms with Crippen molar-refractivity contribution in [1.82, 2.24) is 10.6 Å². The van der Waals surface area contributed by atoms with Crippen LogP contribution in [0.4, 0.5) is 0 Å². The highest BCUT2D eigenvalue weighted by molar-refractivity contribution is 6.13. The van der Waals surface area contributed by atoms with Gasteiger partial charge in [-0.3, -0.25) is 19.7 Å². The normalized spacial score (nSPS) is 36.0. The fourth-order valence-electron chi connectivity index (χ4n) is 5.26. The van der Waals surface area contributed by atoms with Gasteiger partial charge in [-0.2, -0.15) is 0 Å². The summed E-state index contributed by atoms with van der Waals surface area (Å²) in [6.45, 7) is 2.44. The summed E-state index contributed by atoms with van der Waals surface area (Å²) in [6, 6.07) is 9.99. The molecule has 2 bridgehead atoms. The fraction of sp³-hybridized carbons (Fsp3) is 0.550. The van der Waals surface area contributed by atoms with Gasteiger partial charge in [0.1, 0.15) is 0 Å². The molecule has 26 heavy (non-hydrogen) atoms. The van der Waals surface area contributed by atoms with E-state index in [1.807, 2.05) is 30.3 Å². The van der Waals surface area contributed by atoms with Crippen molar-refractivity contribution in [3.05, 3.63) is 35.9 Å².